The van der Waals surface area contributed by atoms with Gasteiger partial charge in [0.2, 0.25) is 0 Å². The van der Waals surface area contributed by atoms with Crippen LogP contribution in [0.3, 0.4) is 0 Å². The molecule has 17 nitrogen and oxygen atoms in total. The normalized spacial score (nSPS) is 14.4. The number of carbonyl (C=O) groups is 4. The van der Waals surface area contributed by atoms with E-state index in [1.54, 1.807) is 0 Å². The lowest BCUT2D eigenvalue weighted by molar-refractivity contribution is -0.161. The first-order valence-electron chi connectivity index (χ1n) is 34.7. The van der Waals surface area contributed by atoms with Gasteiger partial charge >= 0.3 is 39.5 Å². The number of phosphoric acid groups is 2. The van der Waals surface area contributed by atoms with E-state index in [0.29, 0.717) is 25.7 Å². The van der Waals surface area contributed by atoms with Crippen molar-refractivity contribution in [1.29, 1.82) is 0 Å². The Kier molecular flexibility index (Phi) is 55.7. The second-order valence-electron chi connectivity index (χ2n) is 26.1. The number of carbonyl (C=O) groups excluding carboxylic acids is 4. The first kappa shape index (κ1) is 84.1. The highest BCUT2D eigenvalue weighted by molar-refractivity contribution is 7.47. The number of rotatable bonds is 64. The Morgan fingerprint density at radius 1 is 0.291 bits per heavy atom. The SMILES string of the molecule is CC(C)CCCCCCCCCCCC(=O)O[C@H](COC(=O)CCCCCCCCCCC(C)C)COP(=O)(O)OCC(O)COP(=O)(O)OC[C@@H](COC(=O)CCCCCCCCCCC(C)C)OC(=O)CCCCCCCCCCCC(C)C. The number of hydrogen-bond acceptors (Lipinski definition) is 15. The molecular weight excluding hydrogens is 1140 g/mol. The maximum absolute atomic E-state index is 13.0. The summed E-state index contributed by atoms with van der Waals surface area (Å²) >= 11 is 0. The molecule has 19 heteroatoms. The van der Waals surface area contributed by atoms with Gasteiger partial charge in [-0.2, -0.15) is 0 Å². The van der Waals surface area contributed by atoms with Gasteiger partial charge < -0.3 is 33.8 Å². The Morgan fingerprint density at radius 2 is 0.488 bits per heavy atom. The quantitative estimate of drug-likeness (QED) is 0.0222. The van der Waals surface area contributed by atoms with Crippen molar-refractivity contribution >= 4 is 39.5 Å². The molecular formula is C67H130O17P2. The van der Waals surface area contributed by atoms with Crippen molar-refractivity contribution < 1.29 is 80.2 Å². The maximum atomic E-state index is 13.0. The van der Waals surface area contributed by atoms with Crippen molar-refractivity contribution in [2.45, 2.75) is 343 Å². The summed E-state index contributed by atoms with van der Waals surface area (Å²) in [6, 6.07) is 0. The van der Waals surface area contributed by atoms with Crippen LogP contribution in [0.25, 0.3) is 0 Å². The number of ether oxygens (including phenoxy) is 4. The summed E-state index contributed by atoms with van der Waals surface area (Å²) in [5, 5.41) is 10.6. The summed E-state index contributed by atoms with van der Waals surface area (Å²) in [7, 11) is -9.90. The van der Waals surface area contributed by atoms with Crippen LogP contribution < -0.4 is 0 Å². The number of esters is 4. The summed E-state index contributed by atoms with van der Waals surface area (Å²) in [6.45, 7) is 14.0. The van der Waals surface area contributed by atoms with Crippen LogP contribution in [0.15, 0.2) is 0 Å². The topological polar surface area (TPSA) is 237 Å². The molecule has 86 heavy (non-hydrogen) atoms. The zero-order valence-electron chi connectivity index (χ0n) is 55.9. The average Bonchev–Trinajstić information content (AvgIpc) is 3.45. The van der Waals surface area contributed by atoms with E-state index in [1.807, 2.05) is 0 Å². The number of aliphatic hydroxyl groups excluding tert-OH is 1. The molecule has 0 bridgehead atoms. The summed E-state index contributed by atoms with van der Waals surface area (Å²) < 4.78 is 68.1. The van der Waals surface area contributed by atoms with Crippen LogP contribution in [0.2, 0.25) is 0 Å². The maximum Gasteiger partial charge on any atom is 0.472 e. The van der Waals surface area contributed by atoms with Gasteiger partial charge in [0, 0.05) is 25.7 Å². The molecule has 4 atom stereocenters. The lowest BCUT2D eigenvalue weighted by Gasteiger charge is -2.21. The molecule has 0 amide bonds. The van der Waals surface area contributed by atoms with Crippen molar-refractivity contribution in [3.05, 3.63) is 0 Å². The Balaban J connectivity index is 5.27. The molecule has 0 radical (unpaired) electrons. The molecule has 0 aliphatic carbocycles. The summed E-state index contributed by atoms with van der Waals surface area (Å²) in [6.07, 6.45) is 37.6. The van der Waals surface area contributed by atoms with Crippen LogP contribution >= 0.6 is 15.6 Å². The van der Waals surface area contributed by atoms with Gasteiger partial charge in [-0.25, -0.2) is 9.13 Å². The van der Waals surface area contributed by atoms with Crippen LogP contribution in [0.4, 0.5) is 0 Å². The number of aliphatic hydroxyl groups is 1. The third-order valence-corrected chi connectivity index (χ3v) is 17.2. The van der Waals surface area contributed by atoms with Crippen molar-refractivity contribution in [3.8, 4) is 0 Å². The van der Waals surface area contributed by atoms with Crippen LogP contribution in [-0.4, -0.2) is 96.7 Å². The third-order valence-electron chi connectivity index (χ3n) is 15.3. The highest BCUT2D eigenvalue weighted by atomic mass is 31.2. The second kappa shape index (κ2) is 57.0. The fourth-order valence-electron chi connectivity index (χ4n) is 9.96. The number of phosphoric ester groups is 2. The van der Waals surface area contributed by atoms with Crippen LogP contribution in [-0.2, 0) is 65.4 Å². The minimum absolute atomic E-state index is 0.104. The van der Waals surface area contributed by atoms with Crippen molar-refractivity contribution in [3.63, 3.8) is 0 Å². The first-order valence-corrected chi connectivity index (χ1v) is 37.7. The molecule has 0 fully saturated rings. The van der Waals surface area contributed by atoms with E-state index < -0.39 is 97.5 Å². The van der Waals surface area contributed by atoms with E-state index >= 15 is 0 Å². The molecule has 0 saturated carbocycles. The predicted molar refractivity (Wildman–Crippen MR) is 344 cm³/mol. The lowest BCUT2D eigenvalue weighted by Crippen LogP contribution is -2.30. The Bertz CT molecular complexity index is 1590. The van der Waals surface area contributed by atoms with E-state index in [4.69, 9.17) is 37.0 Å². The first-order chi connectivity index (χ1) is 41.1. The van der Waals surface area contributed by atoms with Crippen molar-refractivity contribution in [2.24, 2.45) is 23.7 Å². The molecule has 0 rings (SSSR count). The van der Waals surface area contributed by atoms with Gasteiger partial charge in [0.15, 0.2) is 12.2 Å². The fourth-order valence-corrected chi connectivity index (χ4v) is 11.5. The fraction of sp³-hybridized carbons (Fsp3) is 0.940. The Labute approximate surface area is 524 Å². The zero-order chi connectivity index (χ0) is 63.9. The molecule has 0 spiro atoms. The average molecular weight is 1270 g/mol. The third kappa shape index (κ3) is 60.9. The van der Waals surface area contributed by atoms with E-state index in [2.05, 4.69) is 55.4 Å². The van der Waals surface area contributed by atoms with Crippen LogP contribution in [0, 0.1) is 23.7 Å². The summed E-state index contributed by atoms with van der Waals surface area (Å²) in [5.74, 6) is 0.790. The van der Waals surface area contributed by atoms with Gasteiger partial charge in [-0.1, -0.05) is 274 Å². The van der Waals surface area contributed by atoms with E-state index in [9.17, 15) is 43.2 Å². The molecule has 0 aromatic heterocycles. The molecule has 0 heterocycles. The van der Waals surface area contributed by atoms with Crippen LogP contribution in [0.5, 0.6) is 0 Å². The van der Waals surface area contributed by atoms with Gasteiger partial charge in [0.1, 0.15) is 19.3 Å². The number of unbranched alkanes of at least 4 members (excludes halogenated alkanes) is 30. The van der Waals surface area contributed by atoms with E-state index in [-0.39, 0.29) is 25.7 Å². The number of hydrogen-bond donors (Lipinski definition) is 3. The van der Waals surface area contributed by atoms with Gasteiger partial charge in [-0.3, -0.25) is 37.3 Å². The second-order valence-corrected chi connectivity index (χ2v) is 29.0. The highest BCUT2D eigenvalue weighted by Crippen LogP contribution is 2.45. The van der Waals surface area contributed by atoms with E-state index in [0.717, 1.165) is 114 Å². The Morgan fingerprint density at radius 3 is 0.721 bits per heavy atom. The molecule has 510 valence electrons. The van der Waals surface area contributed by atoms with Gasteiger partial charge in [-0.15, -0.1) is 0 Å². The molecule has 0 aromatic carbocycles. The van der Waals surface area contributed by atoms with Gasteiger partial charge in [0.25, 0.3) is 0 Å². The smallest absolute Gasteiger partial charge is 0.462 e. The van der Waals surface area contributed by atoms with Gasteiger partial charge in [-0.05, 0) is 49.4 Å². The molecule has 0 aliphatic rings. The van der Waals surface area contributed by atoms with E-state index in [1.165, 1.54) is 128 Å². The minimum atomic E-state index is -4.95. The van der Waals surface area contributed by atoms with Gasteiger partial charge in [0.05, 0.1) is 26.4 Å². The monoisotopic (exact) mass is 1270 g/mol. The lowest BCUT2D eigenvalue weighted by atomic mass is 10.0. The van der Waals surface area contributed by atoms with Crippen LogP contribution in [0.1, 0.15) is 325 Å². The minimum Gasteiger partial charge on any atom is -0.462 e. The molecule has 0 aliphatic heterocycles. The largest absolute Gasteiger partial charge is 0.472 e. The van der Waals surface area contributed by atoms with Crippen molar-refractivity contribution in [1.82, 2.24) is 0 Å². The standard InChI is InChI=1S/C67H130O17P2/c1-57(2)43-35-27-19-11-9-13-25-33-41-49-66(71)83-62(53-77-64(69)47-39-31-23-17-15-21-29-37-45-59(5)6)55-81-85(73,74)79-51-61(68)52-80-86(75,76)82-56-63(54-78-65(70)48-40-32-24-18-16-22-30-38-46-60(7)8)84-67(72)50-42-34-26-14-10-12-20-28-36-44-58(3)4/h57-63,68H,9-56H2,1-8H3,(H,73,74)(H,75,76)/t62-,63-/m1/s1. The molecule has 2 unspecified atom stereocenters. The summed E-state index contributed by atoms with van der Waals surface area (Å²) in [5.41, 5.74) is 0. The Hall–Kier alpha value is -1.94. The molecule has 0 saturated heterocycles. The van der Waals surface area contributed by atoms with Crippen molar-refractivity contribution in [2.75, 3.05) is 39.6 Å². The summed E-state index contributed by atoms with van der Waals surface area (Å²) in [4.78, 5) is 72.4. The molecule has 3 N–H and O–H groups in total. The highest BCUT2D eigenvalue weighted by Gasteiger charge is 2.30. The molecule has 0 aromatic rings. The predicted octanol–water partition coefficient (Wildman–Crippen LogP) is 18.5. The zero-order valence-corrected chi connectivity index (χ0v) is 57.7.